The average molecular weight is 438 g/mol. The summed E-state index contributed by atoms with van der Waals surface area (Å²) >= 11 is 1.07. The molecule has 3 rings (SSSR count). The highest BCUT2D eigenvalue weighted by Crippen LogP contribution is 2.24. The Morgan fingerprint density at radius 3 is 2.62 bits per heavy atom. The molecule has 1 heterocycles. The lowest BCUT2D eigenvalue weighted by Crippen LogP contribution is -2.45. The number of halogens is 1. The van der Waals surface area contributed by atoms with Gasteiger partial charge in [-0.3, -0.25) is 18.5 Å². The van der Waals surface area contributed by atoms with E-state index in [4.69, 9.17) is 0 Å². The van der Waals surface area contributed by atoms with E-state index in [-0.39, 0.29) is 10.6 Å². The molecule has 0 radical (unpaired) electrons. The number of aryl methyl sites for hydroxylation is 1. The zero-order valence-electron chi connectivity index (χ0n) is 16.0. The van der Waals surface area contributed by atoms with Gasteiger partial charge in [0.05, 0.1) is 22.2 Å². The van der Waals surface area contributed by atoms with E-state index in [0.717, 1.165) is 33.5 Å². The van der Waals surface area contributed by atoms with Gasteiger partial charge in [0.1, 0.15) is 11.9 Å². The number of nitrogens with zero attached hydrogens (tertiary/aromatic N) is 2. The van der Waals surface area contributed by atoms with Crippen molar-refractivity contribution in [2.75, 3.05) is 15.9 Å². The zero-order chi connectivity index (χ0) is 21.3. The van der Waals surface area contributed by atoms with E-state index in [2.05, 4.69) is 5.32 Å². The number of rotatable bonds is 6. The maximum absolute atomic E-state index is 13.6. The molecule has 1 unspecified atom stereocenters. The molecule has 2 aromatic carbocycles. The summed E-state index contributed by atoms with van der Waals surface area (Å²) in [6.45, 7) is 3.83. The van der Waals surface area contributed by atoms with E-state index < -0.39 is 27.8 Å². The van der Waals surface area contributed by atoms with Crippen LogP contribution in [-0.2, 0) is 21.4 Å². The van der Waals surface area contributed by atoms with Crippen molar-refractivity contribution in [3.05, 3.63) is 57.9 Å². The fraction of sp³-hybridized carbons (Fsp3) is 0.263. The predicted molar refractivity (Wildman–Crippen MR) is 114 cm³/mol. The van der Waals surface area contributed by atoms with Crippen molar-refractivity contribution in [3.8, 4) is 0 Å². The van der Waals surface area contributed by atoms with Crippen LogP contribution in [0.4, 0.5) is 15.8 Å². The Bertz CT molecular complexity index is 1230. The first-order valence-electron chi connectivity index (χ1n) is 8.81. The fourth-order valence-corrected chi connectivity index (χ4v) is 5.27. The maximum atomic E-state index is 13.6. The van der Waals surface area contributed by atoms with Gasteiger partial charge in [0.2, 0.25) is 15.9 Å². The molecule has 0 saturated heterocycles. The lowest BCUT2D eigenvalue weighted by Gasteiger charge is -2.28. The highest BCUT2D eigenvalue weighted by atomic mass is 32.2. The second-order valence-corrected chi connectivity index (χ2v) is 9.35. The summed E-state index contributed by atoms with van der Waals surface area (Å²) in [4.78, 5) is 24.6. The minimum absolute atomic E-state index is 0.0591. The molecule has 29 heavy (non-hydrogen) atoms. The number of sulfonamides is 1. The van der Waals surface area contributed by atoms with Crippen LogP contribution in [0.3, 0.4) is 0 Å². The van der Waals surface area contributed by atoms with Gasteiger partial charge < -0.3 is 5.32 Å². The molecule has 10 heteroatoms. The molecule has 0 saturated carbocycles. The highest BCUT2D eigenvalue weighted by molar-refractivity contribution is 7.92. The van der Waals surface area contributed by atoms with Crippen LogP contribution in [0, 0.1) is 5.82 Å². The molecule has 3 aromatic rings. The van der Waals surface area contributed by atoms with Crippen LogP contribution in [0.5, 0.6) is 0 Å². The largest absolute Gasteiger partial charge is 0.324 e. The smallest absolute Gasteiger partial charge is 0.308 e. The zero-order valence-corrected chi connectivity index (χ0v) is 17.7. The Kier molecular flexibility index (Phi) is 5.76. The number of thiazole rings is 1. The Labute approximate surface area is 171 Å². The van der Waals surface area contributed by atoms with Crippen molar-refractivity contribution >= 4 is 48.9 Å². The number of carbonyl (C=O) groups is 1. The molecular formula is C19H20FN3O4S2. The van der Waals surface area contributed by atoms with Gasteiger partial charge in [-0.2, -0.15) is 0 Å². The number of anilines is 2. The van der Waals surface area contributed by atoms with Crippen LogP contribution in [0.2, 0.25) is 0 Å². The van der Waals surface area contributed by atoms with Gasteiger partial charge in [-0.15, -0.1) is 0 Å². The monoisotopic (exact) mass is 437 g/mol. The van der Waals surface area contributed by atoms with Crippen LogP contribution in [0.15, 0.2) is 47.3 Å². The molecule has 1 atom stereocenters. The molecule has 0 aliphatic heterocycles. The first-order chi connectivity index (χ1) is 13.6. The van der Waals surface area contributed by atoms with Crippen LogP contribution < -0.4 is 14.5 Å². The van der Waals surface area contributed by atoms with Gasteiger partial charge in [0.15, 0.2) is 0 Å². The van der Waals surface area contributed by atoms with Crippen molar-refractivity contribution in [2.45, 2.75) is 26.4 Å². The van der Waals surface area contributed by atoms with Crippen molar-refractivity contribution in [3.63, 3.8) is 0 Å². The minimum atomic E-state index is -3.85. The van der Waals surface area contributed by atoms with Gasteiger partial charge >= 0.3 is 4.87 Å². The fourth-order valence-electron chi connectivity index (χ4n) is 3.11. The highest BCUT2D eigenvalue weighted by Gasteiger charge is 2.29. The Morgan fingerprint density at radius 2 is 2.00 bits per heavy atom. The van der Waals surface area contributed by atoms with Crippen molar-refractivity contribution in [1.82, 2.24) is 4.57 Å². The quantitative estimate of drug-likeness (QED) is 0.642. The first kappa shape index (κ1) is 21.0. The summed E-state index contributed by atoms with van der Waals surface area (Å²) in [5.74, 6) is -1.19. The van der Waals surface area contributed by atoms with Crippen molar-refractivity contribution in [1.29, 1.82) is 0 Å². The molecule has 7 nitrogen and oxygen atoms in total. The van der Waals surface area contributed by atoms with E-state index in [1.54, 1.807) is 22.8 Å². The number of hydrogen-bond acceptors (Lipinski definition) is 5. The summed E-state index contributed by atoms with van der Waals surface area (Å²) in [7, 11) is -3.85. The Balaban J connectivity index is 1.90. The van der Waals surface area contributed by atoms with Gasteiger partial charge in [0.25, 0.3) is 0 Å². The number of fused-ring (bicyclic) bond motifs is 1. The average Bonchev–Trinajstić information content (AvgIpc) is 2.94. The number of benzene rings is 2. The molecule has 1 amide bonds. The topological polar surface area (TPSA) is 88.5 Å². The lowest BCUT2D eigenvalue weighted by atomic mass is 10.2. The molecule has 154 valence electrons. The number of hydrogen-bond donors (Lipinski definition) is 1. The second-order valence-electron chi connectivity index (χ2n) is 6.50. The minimum Gasteiger partial charge on any atom is -0.324 e. The Morgan fingerprint density at radius 1 is 1.28 bits per heavy atom. The second kappa shape index (κ2) is 7.96. The van der Waals surface area contributed by atoms with E-state index in [0.29, 0.717) is 16.9 Å². The first-order valence-corrected chi connectivity index (χ1v) is 11.5. The van der Waals surface area contributed by atoms with E-state index in [9.17, 15) is 22.4 Å². The van der Waals surface area contributed by atoms with Crippen LogP contribution in [0.1, 0.15) is 13.8 Å². The SMILES string of the molecule is CCn1c(=O)sc2cc(NC(=O)C(C)N(c3cccc(F)c3)S(C)(=O)=O)ccc21. The van der Waals surface area contributed by atoms with Gasteiger partial charge in [-0.1, -0.05) is 17.4 Å². The van der Waals surface area contributed by atoms with Gasteiger partial charge in [-0.05, 0) is 50.2 Å². The molecule has 0 spiro atoms. The third-order valence-electron chi connectivity index (χ3n) is 4.40. The molecule has 0 fully saturated rings. The molecule has 0 aliphatic carbocycles. The van der Waals surface area contributed by atoms with Crippen LogP contribution in [0.25, 0.3) is 10.2 Å². The van der Waals surface area contributed by atoms with E-state index in [1.807, 2.05) is 6.92 Å². The number of amides is 1. The van der Waals surface area contributed by atoms with Crippen molar-refractivity contribution < 1.29 is 17.6 Å². The summed E-state index contributed by atoms with van der Waals surface area (Å²) in [5.41, 5.74) is 1.27. The summed E-state index contributed by atoms with van der Waals surface area (Å²) in [6.07, 6.45) is 0.957. The molecule has 1 aromatic heterocycles. The molecule has 0 bridgehead atoms. The van der Waals surface area contributed by atoms with Crippen LogP contribution in [-0.4, -0.2) is 31.2 Å². The summed E-state index contributed by atoms with van der Waals surface area (Å²) < 4.78 is 41.4. The third kappa shape index (κ3) is 4.33. The Hall–Kier alpha value is -2.72. The predicted octanol–water partition coefficient (Wildman–Crippen LogP) is 3.02. The molecule has 1 N–H and O–H groups in total. The number of aromatic nitrogens is 1. The van der Waals surface area contributed by atoms with Gasteiger partial charge in [-0.25, -0.2) is 12.8 Å². The maximum Gasteiger partial charge on any atom is 0.308 e. The third-order valence-corrected chi connectivity index (χ3v) is 6.59. The molecular weight excluding hydrogens is 417 g/mol. The molecule has 0 aliphatic rings. The number of carbonyl (C=O) groups excluding carboxylic acids is 1. The van der Waals surface area contributed by atoms with E-state index in [1.165, 1.54) is 25.1 Å². The van der Waals surface area contributed by atoms with E-state index >= 15 is 0 Å². The lowest BCUT2D eigenvalue weighted by molar-refractivity contribution is -0.116. The standard InChI is InChI=1S/C19H20FN3O4S2/c1-4-22-16-9-8-14(11-17(16)28-19(22)25)21-18(24)12(2)23(29(3,26)27)15-7-5-6-13(20)10-15/h5-12H,4H2,1-3H3,(H,21,24). The normalized spacial score (nSPS) is 12.7. The summed E-state index contributed by atoms with van der Waals surface area (Å²) in [5, 5.41) is 2.67. The summed E-state index contributed by atoms with van der Waals surface area (Å²) in [6, 6.07) is 8.98. The van der Waals surface area contributed by atoms with Gasteiger partial charge in [0, 0.05) is 12.2 Å². The van der Waals surface area contributed by atoms with Crippen molar-refractivity contribution in [2.24, 2.45) is 0 Å². The van der Waals surface area contributed by atoms with Crippen LogP contribution >= 0.6 is 11.3 Å². The number of nitrogens with one attached hydrogen (secondary N) is 1.